The van der Waals surface area contributed by atoms with Crippen molar-refractivity contribution in [3.8, 4) is 0 Å². The molecule has 7 nitrogen and oxygen atoms in total. The van der Waals surface area contributed by atoms with Gasteiger partial charge in [0, 0.05) is 17.7 Å². The molecular weight excluding hydrogens is 281 g/mol. The van der Waals surface area contributed by atoms with Crippen LogP contribution in [-0.4, -0.2) is 30.3 Å². The van der Waals surface area contributed by atoms with Crippen LogP contribution in [-0.2, 0) is 15.0 Å². The van der Waals surface area contributed by atoms with Crippen LogP contribution in [0.2, 0.25) is 0 Å². The van der Waals surface area contributed by atoms with Gasteiger partial charge in [0.1, 0.15) is 11.4 Å². The first-order valence-electron chi connectivity index (χ1n) is 6.48. The van der Waals surface area contributed by atoms with Crippen molar-refractivity contribution >= 4 is 11.7 Å². The third-order valence-electron chi connectivity index (χ3n) is 4.09. The van der Waals surface area contributed by atoms with Gasteiger partial charge in [-0.3, -0.25) is 10.1 Å². The number of nitro benzene ring substituents is 1. The van der Waals surface area contributed by atoms with Crippen molar-refractivity contribution in [1.82, 2.24) is 0 Å². The monoisotopic (exact) mass is 295 g/mol. The van der Waals surface area contributed by atoms with Gasteiger partial charge in [-0.05, 0) is 13.0 Å². The van der Waals surface area contributed by atoms with E-state index < -0.39 is 16.3 Å². The third kappa shape index (κ3) is 2.02. The maximum atomic E-state index is 14.3. The molecule has 21 heavy (non-hydrogen) atoms. The van der Waals surface area contributed by atoms with Crippen LogP contribution in [0.5, 0.6) is 0 Å². The lowest BCUT2D eigenvalue weighted by Crippen LogP contribution is -2.45. The lowest BCUT2D eigenvalue weighted by atomic mass is 9.78. The van der Waals surface area contributed by atoms with Crippen LogP contribution in [0.4, 0.5) is 10.1 Å². The number of aliphatic imine (C=N–C) groups is 1. The van der Waals surface area contributed by atoms with Crippen LogP contribution >= 0.6 is 0 Å². The van der Waals surface area contributed by atoms with Gasteiger partial charge in [0.25, 0.3) is 11.7 Å². The van der Waals surface area contributed by atoms with Gasteiger partial charge in [-0.1, -0.05) is 0 Å². The maximum Gasteiger partial charge on any atom is 0.282 e. The molecule has 0 bridgehead atoms. The molecule has 0 spiro atoms. The molecule has 0 saturated carbocycles. The minimum Gasteiger partial charge on any atom is -0.465 e. The Bertz CT molecular complexity index is 636. The van der Waals surface area contributed by atoms with Crippen molar-refractivity contribution < 1.29 is 18.8 Å². The summed E-state index contributed by atoms with van der Waals surface area (Å²) in [6.45, 7) is 2.18. The largest absolute Gasteiger partial charge is 0.465 e. The van der Waals surface area contributed by atoms with E-state index in [1.807, 2.05) is 6.92 Å². The number of halogens is 1. The van der Waals surface area contributed by atoms with E-state index in [0.29, 0.717) is 0 Å². The number of amidine groups is 1. The number of nitrogens with two attached hydrogens (primary N) is 1. The molecule has 2 heterocycles. The smallest absolute Gasteiger partial charge is 0.282 e. The second-order valence-corrected chi connectivity index (χ2v) is 5.23. The molecule has 0 aliphatic carbocycles. The fourth-order valence-electron chi connectivity index (χ4n) is 2.96. The molecule has 2 aliphatic heterocycles. The summed E-state index contributed by atoms with van der Waals surface area (Å²) in [4.78, 5) is 14.6. The number of nitrogens with zero attached hydrogens (tertiary/aromatic N) is 2. The summed E-state index contributed by atoms with van der Waals surface area (Å²) in [5.41, 5.74) is 4.48. The molecule has 0 amide bonds. The molecule has 0 radical (unpaired) electrons. The van der Waals surface area contributed by atoms with Gasteiger partial charge in [-0.25, -0.2) is 9.38 Å². The van der Waals surface area contributed by atoms with Crippen LogP contribution in [0.15, 0.2) is 23.2 Å². The topological polar surface area (TPSA) is 100.0 Å². The van der Waals surface area contributed by atoms with Gasteiger partial charge in [0.05, 0.1) is 30.2 Å². The molecule has 3 atom stereocenters. The van der Waals surface area contributed by atoms with E-state index >= 15 is 0 Å². The molecule has 2 N–H and O–H groups in total. The van der Waals surface area contributed by atoms with Crippen molar-refractivity contribution in [2.45, 2.75) is 18.6 Å². The molecule has 2 aliphatic rings. The van der Waals surface area contributed by atoms with Crippen molar-refractivity contribution in [2.24, 2.45) is 16.6 Å². The first-order valence-corrected chi connectivity index (χ1v) is 6.48. The number of hydrogen-bond acceptors (Lipinski definition) is 6. The Morgan fingerprint density at radius 3 is 3.05 bits per heavy atom. The highest BCUT2D eigenvalue weighted by atomic mass is 19.1. The molecule has 1 aromatic rings. The molecule has 3 unspecified atom stereocenters. The molecule has 1 fully saturated rings. The average molecular weight is 295 g/mol. The Morgan fingerprint density at radius 2 is 2.33 bits per heavy atom. The quantitative estimate of drug-likeness (QED) is 0.655. The van der Waals surface area contributed by atoms with E-state index in [4.69, 9.17) is 15.2 Å². The number of rotatable bonds is 2. The van der Waals surface area contributed by atoms with Crippen molar-refractivity contribution in [1.29, 1.82) is 0 Å². The highest BCUT2D eigenvalue weighted by Crippen LogP contribution is 2.46. The molecule has 112 valence electrons. The minimum absolute atomic E-state index is 0.0603. The Balaban J connectivity index is 2.18. The Morgan fingerprint density at radius 1 is 1.57 bits per heavy atom. The van der Waals surface area contributed by atoms with E-state index in [2.05, 4.69) is 4.99 Å². The predicted molar refractivity (Wildman–Crippen MR) is 71.2 cm³/mol. The fourth-order valence-corrected chi connectivity index (χ4v) is 2.96. The van der Waals surface area contributed by atoms with Gasteiger partial charge in [0.15, 0.2) is 0 Å². The zero-order valence-corrected chi connectivity index (χ0v) is 11.3. The predicted octanol–water partition coefficient (Wildman–Crippen LogP) is 1.31. The van der Waals surface area contributed by atoms with E-state index in [-0.39, 0.29) is 42.5 Å². The zero-order valence-electron chi connectivity index (χ0n) is 11.3. The summed E-state index contributed by atoms with van der Waals surface area (Å²) in [5.74, 6) is -0.817. The summed E-state index contributed by atoms with van der Waals surface area (Å²) < 4.78 is 25.1. The number of fused-ring (bicyclic) bond motifs is 1. The normalized spacial score (nSPS) is 31.2. The van der Waals surface area contributed by atoms with E-state index in [0.717, 1.165) is 12.1 Å². The average Bonchev–Trinajstić information content (AvgIpc) is 2.76. The summed E-state index contributed by atoms with van der Waals surface area (Å²) in [7, 11) is 0. The summed E-state index contributed by atoms with van der Waals surface area (Å²) in [6.07, 6.45) is -0.208. The minimum atomic E-state index is -1.07. The van der Waals surface area contributed by atoms with Crippen LogP contribution in [0.25, 0.3) is 0 Å². The van der Waals surface area contributed by atoms with Gasteiger partial charge < -0.3 is 15.2 Å². The second-order valence-electron chi connectivity index (χ2n) is 5.23. The van der Waals surface area contributed by atoms with Crippen LogP contribution < -0.4 is 5.73 Å². The SMILES string of the molecule is CC1OCC2(c3cc([N+](=O)[O-])ccc3F)N=C(N)OCC12. The fraction of sp³-hybridized carbons (Fsp3) is 0.462. The number of ether oxygens (including phenoxy) is 2. The van der Waals surface area contributed by atoms with E-state index in [1.54, 1.807) is 0 Å². The number of benzene rings is 1. The molecule has 1 saturated heterocycles. The molecule has 8 heteroatoms. The van der Waals surface area contributed by atoms with Crippen molar-refractivity contribution in [2.75, 3.05) is 13.2 Å². The van der Waals surface area contributed by atoms with Crippen molar-refractivity contribution in [3.05, 3.63) is 39.7 Å². The standard InChI is InChI=1S/C13H14FN3O4/c1-7-10-5-20-12(15)16-13(10,6-21-7)9-4-8(17(18)19)2-3-11(9)14/h2-4,7,10H,5-6H2,1H3,(H2,15,16). The first kappa shape index (κ1) is 13.7. The Kier molecular flexibility index (Phi) is 3.05. The molecule has 1 aromatic carbocycles. The zero-order chi connectivity index (χ0) is 15.2. The summed E-state index contributed by atoms with van der Waals surface area (Å²) >= 11 is 0. The van der Waals surface area contributed by atoms with E-state index in [1.165, 1.54) is 6.07 Å². The Labute approximate surface area is 119 Å². The van der Waals surface area contributed by atoms with Gasteiger partial charge in [-0.15, -0.1) is 0 Å². The van der Waals surface area contributed by atoms with Gasteiger partial charge >= 0.3 is 0 Å². The van der Waals surface area contributed by atoms with Crippen LogP contribution in [0.3, 0.4) is 0 Å². The Hall–Kier alpha value is -2.22. The van der Waals surface area contributed by atoms with E-state index in [9.17, 15) is 14.5 Å². The maximum absolute atomic E-state index is 14.3. The molecule has 0 aromatic heterocycles. The lowest BCUT2D eigenvalue weighted by Gasteiger charge is -2.35. The first-order chi connectivity index (χ1) is 9.94. The second kappa shape index (κ2) is 4.66. The molecule has 3 rings (SSSR count). The summed E-state index contributed by atoms with van der Waals surface area (Å²) in [6, 6.07) is 3.33. The highest BCUT2D eigenvalue weighted by Gasteiger charge is 2.53. The van der Waals surface area contributed by atoms with Crippen LogP contribution in [0, 0.1) is 21.8 Å². The lowest BCUT2D eigenvalue weighted by molar-refractivity contribution is -0.385. The number of non-ortho nitro benzene ring substituents is 1. The van der Waals surface area contributed by atoms with Crippen molar-refractivity contribution in [3.63, 3.8) is 0 Å². The van der Waals surface area contributed by atoms with Gasteiger partial charge in [-0.2, -0.15) is 0 Å². The van der Waals surface area contributed by atoms with Gasteiger partial charge in [0.2, 0.25) is 0 Å². The van der Waals surface area contributed by atoms with Crippen LogP contribution in [0.1, 0.15) is 12.5 Å². The molecular formula is C13H14FN3O4. The third-order valence-corrected chi connectivity index (χ3v) is 4.09. The number of hydrogen-bond donors (Lipinski definition) is 1. The highest BCUT2D eigenvalue weighted by molar-refractivity contribution is 5.73. The number of nitro groups is 1. The summed E-state index contributed by atoms with van der Waals surface area (Å²) in [5, 5.41) is 10.9.